The van der Waals surface area contributed by atoms with Gasteiger partial charge in [-0.05, 0) is 18.2 Å². The smallest absolute Gasteiger partial charge is 0.339 e. The van der Waals surface area contributed by atoms with E-state index < -0.39 is 5.97 Å². The predicted molar refractivity (Wildman–Crippen MR) is 120 cm³/mol. The zero-order valence-electron chi connectivity index (χ0n) is 16.8. The molecule has 0 N–H and O–H groups in total. The zero-order chi connectivity index (χ0) is 21.6. The Labute approximate surface area is 183 Å². The summed E-state index contributed by atoms with van der Waals surface area (Å²) in [6.07, 6.45) is 0. The third-order valence-electron chi connectivity index (χ3n) is 4.67. The summed E-state index contributed by atoms with van der Waals surface area (Å²) in [7, 11) is 1.61. The van der Waals surface area contributed by atoms with Crippen LogP contribution < -0.4 is 4.74 Å². The molecule has 0 aliphatic rings. The van der Waals surface area contributed by atoms with Gasteiger partial charge in [0.15, 0.2) is 5.78 Å². The molecule has 0 aliphatic heterocycles. The Morgan fingerprint density at radius 1 is 0.871 bits per heavy atom. The van der Waals surface area contributed by atoms with Gasteiger partial charge in [-0.2, -0.15) is 0 Å². The number of methoxy groups -OCH3 is 1. The van der Waals surface area contributed by atoms with Gasteiger partial charge in [-0.15, -0.1) is 11.3 Å². The molecule has 0 bridgehead atoms. The standard InChI is InChI=1S/C25H19NO4S/c1-29-22-14-8-7-13-21(22)24-26-18(16-31-24)15-30-25(28)20-12-6-5-11-19(20)23(27)17-9-3-2-4-10-17/h2-14,16H,15H2,1H3. The maximum atomic E-state index is 12.8. The third kappa shape index (κ3) is 4.54. The highest BCUT2D eigenvalue weighted by atomic mass is 32.1. The fourth-order valence-corrected chi connectivity index (χ4v) is 3.97. The Kier molecular flexibility index (Phi) is 6.19. The minimum absolute atomic E-state index is 0.0122. The Balaban J connectivity index is 1.49. The van der Waals surface area contributed by atoms with Gasteiger partial charge in [0.2, 0.25) is 0 Å². The monoisotopic (exact) mass is 429 g/mol. The second-order valence-corrected chi connectivity index (χ2v) is 7.52. The molecule has 0 fully saturated rings. The Hall–Kier alpha value is -3.77. The van der Waals surface area contributed by atoms with E-state index in [1.165, 1.54) is 11.3 Å². The first kappa shape index (κ1) is 20.5. The summed E-state index contributed by atoms with van der Waals surface area (Å²) in [4.78, 5) is 30.1. The maximum Gasteiger partial charge on any atom is 0.339 e. The lowest BCUT2D eigenvalue weighted by molar-refractivity contribution is 0.0466. The average Bonchev–Trinajstić information content (AvgIpc) is 3.31. The summed E-state index contributed by atoms with van der Waals surface area (Å²) in [5, 5.41) is 2.62. The number of esters is 1. The molecule has 1 aromatic heterocycles. The second-order valence-electron chi connectivity index (χ2n) is 6.66. The van der Waals surface area contributed by atoms with Crippen LogP contribution in [0.25, 0.3) is 10.6 Å². The lowest BCUT2D eigenvalue weighted by atomic mass is 9.98. The van der Waals surface area contributed by atoms with Crippen LogP contribution in [-0.2, 0) is 11.3 Å². The number of hydrogen-bond donors (Lipinski definition) is 0. The van der Waals surface area contributed by atoms with Crippen molar-refractivity contribution >= 4 is 23.1 Å². The lowest BCUT2D eigenvalue weighted by Gasteiger charge is -2.08. The predicted octanol–water partition coefficient (Wildman–Crippen LogP) is 5.41. The van der Waals surface area contributed by atoms with Gasteiger partial charge in [-0.1, -0.05) is 60.7 Å². The number of para-hydroxylation sites is 1. The number of nitrogens with zero attached hydrogens (tertiary/aromatic N) is 1. The summed E-state index contributed by atoms with van der Waals surface area (Å²) >= 11 is 1.45. The molecule has 0 unspecified atom stereocenters. The lowest BCUT2D eigenvalue weighted by Crippen LogP contribution is -2.12. The summed E-state index contributed by atoms with van der Waals surface area (Å²) in [5.74, 6) is -0.0549. The minimum atomic E-state index is -0.563. The number of carbonyl (C=O) groups is 2. The van der Waals surface area contributed by atoms with E-state index in [1.807, 2.05) is 35.7 Å². The molecule has 6 heteroatoms. The minimum Gasteiger partial charge on any atom is -0.496 e. The molecule has 5 nitrogen and oxygen atoms in total. The van der Waals surface area contributed by atoms with E-state index in [2.05, 4.69) is 4.98 Å². The summed E-state index contributed by atoms with van der Waals surface area (Å²) in [6, 6.07) is 23.1. The van der Waals surface area contributed by atoms with Crippen molar-refractivity contribution in [2.75, 3.05) is 7.11 Å². The van der Waals surface area contributed by atoms with Crippen LogP contribution in [-0.4, -0.2) is 23.8 Å². The van der Waals surface area contributed by atoms with E-state index in [0.29, 0.717) is 16.8 Å². The largest absolute Gasteiger partial charge is 0.496 e. The van der Waals surface area contributed by atoms with Crippen LogP contribution in [0.5, 0.6) is 5.75 Å². The third-order valence-corrected chi connectivity index (χ3v) is 5.59. The van der Waals surface area contributed by atoms with E-state index >= 15 is 0 Å². The van der Waals surface area contributed by atoms with Crippen molar-refractivity contribution < 1.29 is 19.1 Å². The first-order valence-electron chi connectivity index (χ1n) is 9.61. The van der Waals surface area contributed by atoms with Gasteiger partial charge >= 0.3 is 5.97 Å². The molecule has 3 aromatic carbocycles. The Bertz CT molecular complexity index is 1220. The number of benzene rings is 3. The van der Waals surface area contributed by atoms with Crippen LogP contribution in [0.4, 0.5) is 0 Å². The summed E-state index contributed by atoms with van der Waals surface area (Å²) < 4.78 is 10.9. The van der Waals surface area contributed by atoms with Crippen LogP contribution in [0.2, 0.25) is 0 Å². The second kappa shape index (κ2) is 9.36. The van der Waals surface area contributed by atoms with E-state index in [9.17, 15) is 9.59 Å². The van der Waals surface area contributed by atoms with Gasteiger partial charge in [-0.3, -0.25) is 4.79 Å². The van der Waals surface area contributed by atoms with Crippen molar-refractivity contribution in [3.63, 3.8) is 0 Å². The highest BCUT2D eigenvalue weighted by Gasteiger charge is 2.19. The molecule has 0 aliphatic carbocycles. The molecule has 4 aromatic rings. The molecule has 0 amide bonds. The molecular weight excluding hydrogens is 410 g/mol. The quantitative estimate of drug-likeness (QED) is 0.290. The molecule has 0 spiro atoms. The highest BCUT2D eigenvalue weighted by Crippen LogP contribution is 2.32. The number of aromatic nitrogens is 1. The Morgan fingerprint density at radius 3 is 2.32 bits per heavy atom. The topological polar surface area (TPSA) is 65.5 Å². The fraction of sp³-hybridized carbons (Fsp3) is 0.0800. The number of ketones is 1. The van der Waals surface area contributed by atoms with E-state index in [4.69, 9.17) is 9.47 Å². The van der Waals surface area contributed by atoms with E-state index in [-0.39, 0.29) is 18.0 Å². The first-order chi connectivity index (χ1) is 15.2. The average molecular weight is 429 g/mol. The zero-order valence-corrected chi connectivity index (χ0v) is 17.6. The summed E-state index contributed by atoms with van der Waals surface area (Å²) in [6.45, 7) is 0.0122. The van der Waals surface area contributed by atoms with Crippen molar-refractivity contribution in [1.82, 2.24) is 4.98 Å². The summed E-state index contributed by atoms with van der Waals surface area (Å²) in [5.41, 5.74) is 2.57. The number of rotatable bonds is 7. The van der Waals surface area contributed by atoms with Crippen LogP contribution in [0, 0.1) is 0 Å². The normalized spacial score (nSPS) is 10.5. The molecule has 0 atom stereocenters. The van der Waals surface area contributed by atoms with Crippen molar-refractivity contribution in [3.8, 4) is 16.3 Å². The molecular formula is C25H19NO4S. The molecule has 4 rings (SSSR count). The molecule has 0 saturated heterocycles. The number of thiazole rings is 1. The van der Waals surface area contributed by atoms with Gasteiger partial charge in [0, 0.05) is 16.5 Å². The first-order valence-corrected chi connectivity index (χ1v) is 10.5. The maximum absolute atomic E-state index is 12.8. The number of hydrogen-bond acceptors (Lipinski definition) is 6. The van der Waals surface area contributed by atoms with Crippen molar-refractivity contribution in [2.24, 2.45) is 0 Å². The molecule has 1 heterocycles. The van der Waals surface area contributed by atoms with Gasteiger partial charge in [0.05, 0.1) is 23.9 Å². The number of ether oxygens (including phenoxy) is 2. The van der Waals surface area contributed by atoms with Crippen LogP contribution >= 0.6 is 11.3 Å². The van der Waals surface area contributed by atoms with Crippen molar-refractivity contribution in [1.29, 1.82) is 0 Å². The van der Waals surface area contributed by atoms with Crippen LogP contribution in [0.1, 0.15) is 32.0 Å². The van der Waals surface area contributed by atoms with Crippen LogP contribution in [0.15, 0.2) is 84.2 Å². The van der Waals surface area contributed by atoms with Gasteiger partial charge in [0.1, 0.15) is 17.4 Å². The van der Waals surface area contributed by atoms with E-state index in [1.54, 1.807) is 55.6 Å². The van der Waals surface area contributed by atoms with Crippen molar-refractivity contribution in [2.45, 2.75) is 6.61 Å². The Morgan fingerprint density at radius 2 is 1.55 bits per heavy atom. The molecule has 0 radical (unpaired) electrons. The van der Waals surface area contributed by atoms with Crippen LogP contribution in [0.3, 0.4) is 0 Å². The molecule has 154 valence electrons. The molecule has 31 heavy (non-hydrogen) atoms. The van der Waals surface area contributed by atoms with Gasteiger partial charge in [0.25, 0.3) is 0 Å². The SMILES string of the molecule is COc1ccccc1-c1nc(COC(=O)c2ccccc2C(=O)c2ccccc2)cs1. The highest BCUT2D eigenvalue weighted by molar-refractivity contribution is 7.13. The van der Waals surface area contributed by atoms with Gasteiger partial charge in [-0.25, -0.2) is 9.78 Å². The molecule has 0 saturated carbocycles. The van der Waals surface area contributed by atoms with Crippen molar-refractivity contribution in [3.05, 3.63) is 107 Å². The van der Waals surface area contributed by atoms with Gasteiger partial charge < -0.3 is 9.47 Å². The fourth-order valence-electron chi connectivity index (χ4n) is 3.14. The number of carbonyl (C=O) groups excluding carboxylic acids is 2. The van der Waals surface area contributed by atoms with E-state index in [0.717, 1.165) is 16.3 Å².